The van der Waals surface area contributed by atoms with E-state index >= 15 is 0 Å². The lowest BCUT2D eigenvalue weighted by Crippen LogP contribution is -2.51. The van der Waals surface area contributed by atoms with Gasteiger partial charge in [0.1, 0.15) is 5.75 Å². The van der Waals surface area contributed by atoms with Crippen molar-refractivity contribution in [3.63, 3.8) is 0 Å². The molecule has 27 heavy (non-hydrogen) atoms. The average Bonchev–Trinajstić information content (AvgIpc) is 2.68. The van der Waals surface area contributed by atoms with Crippen molar-refractivity contribution in [2.75, 3.05) is 31.5 Å². The molecule has 7 heteroatoms. The number of benzene rings is 2. The molecular formula is C20H21N3O4. The normalized spacial score (nSPS) is 13.8. The number of ether oxygens (including phenoxy) is 1. The SMILES string of the molecule is CC(=O)Nc1cccc(C(=O)N2CCN(C(=O)Oc3ccccc3)CC2)c1. The summed E-state index contributed by atoms with van der Waals surface area (Å²) in [6.07, 6.45) is -0.416. The van der Waals surface area contributed by atoms with Crippen LogP contribution in [0.4, 0.5) is 10.5 Å². The van der Waals surface area contributed by atoms with Gasteiger partial charge in [-0.2, -0.15) is 0 Å². The van der Waals surface area contributed by atoms with Crippen molar-refractivity contribution in [3.05, 3.63) is 60.2 Å². The summed E-state index contributed by atoms with van der Waals surface area (Å²) in [7, 11) is 0. The van der Waals surface area contributed by atoms with E-state index in [-0.39, 0.29) is 11.8 Å². The number of hydrogen-bond acceptors (Lipinski definition) is 4. The van der Waals surface area contributed by atoms with Gasteiger partial charge in [-0.3, -0.25) is 9.59 Å². The Hall–Kier alpha value is -3.35. The van der Waals surface area contributed by atoms with Crippen LogP contribution >= 0.6 is 0 Å². The molecule has 3 amide bonds. The standard InChI is InChI=1S/C20H21N3O4/c1-15(24)21-17-7-5-6-16(14-17)19(25)22-10-12-23(13-11-22)20(26)27-18-8-3-2-4-9-18/h2-9,14H,10-13H2,1H3,(H,21,24). The number of carbonyl (C=O) groups is 3. The second kappa shape index (κ2) is 8.35. The molecule has 0 radical (unpaired) electrons. The van der Waals surface area contributed by atoms with Crippen LogP contribution in [0.3, 0.4) is 0 Å². The quantitative estimate of drug-likeness (QED) is 0.904. The molecule has 0 saturated carbocycles. The van der Waals surface area contributed by atoms with E-state index in [0.29, 0.717) is 43.2 Å². The van der Waals surface area contributed by atoms with E-state index in [1.807, 2.05) is 6.07 Å². The Balaban J connectivity index is 1.56. The highest BCUT2D eigenvalue weighted by molar-refractivity contribution is 5.97. The average molecular weight is 367 g/mol. The predicted octanol–water partition coefficient (Wildman–Crippen LogP) is 2.60. The van der Waals surface area contributed by atoms with E-state index < -0.39 is 6.09 Å². The van der Waals surface area contributed by atoms with Crippen LogP contribution in [0.25, 0.3) is 0 Å². The van der Waals surface area contributed by atoms with Crippen LogP contribution < -0.4 is 10.1 Å². The fraction of sp³-hybridized carbons (Fsp3) is 0.250. The molecule has 1 fully saturated rings. The number of amides is 3. The van der Waals surface area contributed by atoms with Gasteiger partial charge in [-0.05, 0) is 30.3 Å². The molecule has 2 aromatic rings. The molecule has 1 saturated heterocycles. The van der Waals surface area contributed by atoms with Crippen molar-refractivity contribution < 1.29 is 19.1 Å². The smallest absolute Gasteiger partial charge is 0.410 e. The zero-order valence-corrected chi connectivity index (χ0v) is 15.1. The van der Waals surface area contributed by atoms with Gasteiger partial charge in [0.2, 0.25) is 5.91 Å². The van der Waals surface area contributed by atoms with Crippen LogP contribution in [0.15, 0.2) is 54.6 Å². The van der Waals surface area contributed by atoms with E-state index in [9.17, 15) is 14.4 Å². The predicted molar refractivity (Wildman–Crippen MR) is 101 cm³/mol. The second-order valence-corrected chi connectivity index (χ2v) is 6.22. The summed E-state index contributed by atoms with van der Waals surface area (Å²) in [5.74, 6) is 0.180. The van der Waals surface area contributed by atoms with Gasteiger partial charge in [0, 0.05) is 44.4 Å². The first-order valence-electron chi connectivity index (χ1n) is 8.71. The first kappa shape index (κ1) is 18.4. The van der Waals surface area contributed by atoms with Crippen molar-refractivity contribution >= 4 is 23.6 Å². The van der Waals surface area contributed by atoms with E-state index in [1.54, 1.807) is 58.3 Å². The fourth-order valence-electron chi connectivity index (χ4n) is 2.86. The Bertz CT molecular complexity index is 830. The number of rotatable bonds is 3. The van der Waals surface area contributed by atoms with Crippen LogP contribution in [-0.4, -0.2) is 53.9 Å². The van der Waals surface area contributed by atoms with Crippen molar-refractivity contribution in [2.45, 2.75) is 6.92 Å². The van der Waals surface area contributed by atoms with Gasteiger partial charge in [0.25, 0.3) is 5.91 Å². The number of nitrogens with one attached hydrogen (secondary N) is 1. The van der Waals surface area contributed by atoms with E-state index in [0.717, 1.165) is 0 Å². The van der Waals surface area contributed by atoms with Gasteiger partial charge < -0.3 is 19.9 Å². The molecule has 1 heterocycles. The minimum atomic E-state index is -0.416. The van der Waals surface area contributed by atoms with Crippen LogP contribution in [0, 0.1) is 0 Å². The van der Waals surface area contributed by atoms with Gasteiger partial charge in [0.05, 0.1) is 0 Å². The van der Waals surface area contributed by atoms with Crippen molar-refractivity contribution in [2.24, 2.45) is 0 Å². The lowest BCUT2D eigenvalue weighted by atomic mass is 10.1. The lowest BCUT2D eigenvalue weighted by molar-refractivity contribution is -0.114. The molecule has 0 spiro atoms. The molecule has 2 aromatic carbocycles. The third kappa shape index (κ3) is 4.84. The molecule has 1 aliphatic heterocycles. The van der Waals surface area contributed by atoms with E-state index in [4.69, 9.17) is 4.74 Å². The minimum absolute atomic E-state index is 0.127. The Labute approximate surface area is 157 Å². The van der Waals surface area contributed by atoms with Crippen LogP contribution in [-0.2, 0) is 4.79 Å². The molecule has 3 rings (SSSR count). The number of para-hydroxylation sites is 1. The van der Waals surface area contributed by atoms with Crippen molar-refractivity contribution in [1.82, 2.24) is 9.80 Å². The maximum atomic E-state index is 12.7. The summed E-state index contributed by atoms with van der Waals surface area (Å²) in [4.78, 5) is 39.4. The Morgan fingerprint density at radius 3 is 2.22 bits per heavy atom. The lowest BCUT2D eigenvalue weighted by Gasteiger charge is -2.34. The first-order chi connectivity index (χ1) is 13.0. The van der Waals surface area contributed by atoms with E-state index in [2.05, 4.69) is 5.32 Å². The molecule has 0 aliphatic carbocycles. The van der Waals surface area contributed by atoms with E-state index in [1.165, 1.54) is 6.92 Å². The van der Waals surface area contributed by atoms with Crippen molar-refractivity contribution in [3.8, 4) is 5.75 Å². The zero-order valence-electron chi connectivity index (χ0n) is 15.1. The van der Waals surface area contributed by atoms with Gasteiger partial charge in [-0.1, -0.05) is 24.3 Å². The topological polar surface area (TPSA) is 79.0 Å². The molecule has 1 N–H and O–H groups in total. The summed E-state index contributed by atoms with van der Waals surface area (Å²) in [6, 6.07) is 15.7. The second-order valence-electron chi connectivity index (χ2n) is 6.22. The summed E-state index contributed by atoms with van der Waals surface area (Å²) in [6.45, 7) is 3.08. The third-order valence-electron chi connectivity index (χ3n) is 4.20. The molecule has 0 atom stereocenters. The zero-order chi connectivity index (χ0) is 19.2. The molecule has 0 unspecified atom stereocenters. The highest BCUT2D eigenvalue weighted by atomic mass is 16.6. The van der Waals surface area contributed by atoms with Gasteiger partial charge in [-0.25, -0.2) is 4.79 Å². The number of hydrogen-bond donors (Lipinski definition) is 1. The summed E-state index contributed by atoms with van der Waals surface area (Å²) >= 11 is 0. The fourth-order valence-corrected chi connectivity index (χ4v) is 2.86. The van der Waals surface area contributed by atoms with Crippen molar-refractivity contribution in [1.29, 1.82) is 0 Å². The Morgan fingerprint density at radius 2 is 1.56 bits per heavy atom. The number of carbonyl (C=O) groups excluding carboxylic acids is 3. The summed E-state index contributed by atoms with van der Waals surface area (Å²) in [5, 5.41) is 2.67. The van der Waals surface area contributed by atoms with Crippen LogP contribution in [0.5, 0.6) is 5.75 Å². The highest BCUT2D eigenvalue weighted by Gasteiger charge is 2.26. The van der Waals surface area contributed by atoms with Gasteiger partial charge >= 0.3 is 6.09 Å². The monoisotopic (exact) mass is 367 g/mol. The minimum Gasteiger partial charge on any atom is -0.410 e. The van der Waals surface area contributed by atoms with Gasteiger partial charge in [-0.15, -0.1) is 0 Å². The number of nitrogens with zero attached hydrogens (tertiary/aromatic N) is 2. The molecule has 0 aromatic heterocycles. The number of piperazine rings is 1. The Kier molecular flexibility index (Phi) is 5.71. The maximum Gasteiger partial charge on any atom is 0.415 e. The first-order valence-corrected chi connectivity index (χ1v) is 8.71. The molecular weight excluding hydrogens is 346 g/mol. The molecule has 0 bridgehead atoms. The Morgan fingerprint density at radius 1 is 0.889 bits per heavy atom. The van der Waals surface area contributed by atoms with Crippen LogP contribution in [0.1, 0.15) is 17.3 Å². The molecule has 7 nitrogen and oxygen atoms in total. The molecule has 1 aliphatic rings. The molecule has 140 valence electrons. The highest BCUT2D eigenvalue weighted by Crippen LogP contribution is 2.15. The number of anilines is 1. The van der Waals surface area contributed by atoms with Gasteiger partial charge in [0.15, 0.2) is 0 Å². The summed E-state index contributed by atoms with van der Waals surface area (Å²) < 4.78 is 5.33. The van der Waals surface area contributed by atoms with Crippen LogP contribution in [0.2, 0.25) is 0 Å². The largest absolute Gasteiger partial charge is 0.415 e. The summed E-state index contributed by atoms with van der Waals surface area (Å²) in [5.41, 5.74) is 1.08. The maximum absolute atomic E-state index is 12.7. The third-order valence-corrected chi connectivity index (χ3v) is 4.20.